The third-order valence-electron chi connectivity index (χ3n) is 2.58. The van der Waals surface area contributed by atoms with E-state index in [9.17, 15) is 13.2 Å². The van der Waals surface area contributed by atoms with Crippen LogP contribution in [0.25, 0.3) is 0 Å². The number of hydrogen-bond donors (Lipinski definition) is 2. The van der Waals surface area contributed by atoms with E-state index in [1.807, 2.05) is 0 Å². The number of halogens is 3. The summed E-state index contributed by atoms with van der Waals surface area (Å²) in [5.41, 5.74) is 0.214. The summed E-state index contributed by atoms with van der Waals surface area (Å²) in [5.74, 6) is 0.258. The topological polar surface area (TPSA) is 58.0 Å². The van der Waals surface area contributed by atoms with Gasteiger partial charge in [-0.25, -0.2) is 9.97 Å². The molecule has 0 amide bonds. The maximum atomic E-state index is 12.6. The molecule has 1 aromatic carbocycles. The lowest BCUT2D eigenvalue weighted by Crippen LogP contribution is -2.08. The Balaban J connectivity index is 2.07. The van der Waals surface area contributed by atoms with E-state index < -0.39 is 11.7 Å². The summed E-state index contributed by atoms with van der Waals surface area (Å²) < 4.78 is 37.7. The van der Waals surface area contributed by atoms with Crippen LogP contribution in [0.2, 0.25) is 0 Å². The van der Waals surface area contributed by atoms with Crippen molar-refractivity contribution in [2.75, 3.05) is 5.32 Å². The summed E-state index contributed by atoms with van der Waals surface area (Å²) in [6, 6.07) is 6.58. The third-order valence-corrected chi connectivity index (χ3v) is 2.58. The molecule has 0 aliphatic rings. The highest BCUT2D eigenvalue weighted by molar-refractivity contribution is 5.31. The lowest BCUT2D eigenvalue weighted by Gasteiger charge is -2.09. The molecule has 0 unspecified atom stereocenters. The zero-order valence-electron chi connectivity index (χ0n) is 10.4. The van der Waals surface area contributed by atoms with E-state index in [-0.39, 0.29) is 19.1 Å². The standard InChI is InChI=1S/C13H12F3N3O/c14-13(15,16)10-3-1-2-9(6-10)7-18-12-17-5-4-11(8-20)19-12/h1-6,20H,7-8H2,(H,17,18,19). The van der Waals surface area contributed by atoms with Gasteiger partial charge in [0, 0.05) is 12.7 Å². The van der Waals surface area contributed by atoms with E-state index in [4.69, 9.17) is 5.11 Å². The minimum absolute atomic E-state index is 0.165. The minimum Gasteiger partial charge on any atom is -0.390 e. The molecule has 0 radical (unpaired) electrons. The molecule has 0 spiro atoms. The summed E-state index contributed by atoms with van der Waals surface area (Å²) in [4.78, 5) is 7.90. The van der Waals surface area contributed by atoms with Crippen molar-refractivity contribution in [3.63, 3.8) is 0 Å². The van der Waals surface area contributed by atoms with E-state index in [2.05, 4.69) is 15.3 Å². The SMILES string of the molecule is OCc1ccnc(NCc2cccc(C(F)(F)F)c2)n1. The van der Waals surface area contributed by atoms with E-state index in [0.29, 0.717) is 11.3 Å². The summed E-state index contributed by atoms with van der Waals surface area (Å²) >= 11 is 0. The van der Waals surface area contributed by atoms with Gasteiger partial charge in [-0.15, -0.1) is 0 Å². The largest absolute Gasteiger partial charge is 0.416 e. The number of nitrogens with zero attached hydrogens (tertiary/aromatic N) is 2. The molecule has 0 saturated heterocycles. The van der Waals surface area contributed by atoms with Crippen LogP contribution in [0.15, 0.2) is 36.5 Å². The predicted octanol–water partition coefficient (Wildman–Crippen LogP) is 2.60. The van der Waals surface area contributed by atoms with Crippen LogP contribution in [0.1, 0.15) is 16.8 Å². The van der Waals surface area contributed by atoms with Crippen molar-refractivity contribution in [1.29, 1.82) is 0 Å². The third kappa shape index (κ3) is 3.67. The first-order valence-electron chi connectivity index (χ1n) is 5.82. The molecule has 0 saturated carbocycles. The van der Waals surface area contributed by atoms with Crippen molar-refractivity contribution < 1.29 is 18.3 Å². The van der Waals surface area contributed by atoms with Crippen LogP contribution in [0.4, 0.5) is 19.1 Å². The molecule has 0 atom stereocenters. The highest BCUT2D eigenvalue weighted by Gasteiger charge is 2.30. The molecule has 2 aromatic rings. The first-order chi connectivity index (χ1) is 9.49. The van der Waals surface area contributed by atoms with Gasteiger partial charge in [0.05, 0.1) is 17.9 Å². The second kappa shape index (κ2) is 5.87. The molecule has 1 aromatic heterocycles. The number of aliphatic hydroxyl groups is 1. The summed E-state index contributed by atoms with van der Waals surface area (Å²) in [5, 5.41) is 11.7. The molecule has 0 aliphatic carbocycles. The van der Waals surface area contributed by atoms with E-state index in [1.165, 1.54) is 12.3 Å². The van der Waals surface area contributed by atoms with Crippen molar-refractivity contribution in [3.8, 4) is 0 Å². The van der Waals surface area contributed by atoms with Crippen LogP contribution >= 0.6 is 0 Å². The molecule has 1 heterocycles. The van der Waals surface area contributed by atoms with Gasteiger partial charge in [-0.2, -0.15) is 13.2 Å². The zero-order chi connectivity index (χ0) is 14.6. The molecule has 4 nitrogen and oxygen atoms in total. The number of alkyl halides is 3. The van der Waals surface area contributed by atoms with E-state index in [1.54, 1.807) is 12.1 Å². The van der Waals surface area contributed by atoms with Crippen LogP contribution in [0, 0.1) is 0 Å². The van der Waals surface area contributed by atoms with E-state index >= 15 is 0 Å². The summed E-state index contributed by atoms with van der Waals surface area (Å²) in [7, 11) is 0. The van der Waals surface area contributed by atoms with Crippen molar-refractivity contribution >= 4 is 5.95 Å². The van der Waals surface area contributed by atoms with E-state index in [0.717, 1.165) is 12.1 Å². The molecule has 2 N–H and O–H groups in total. The predicted molar refractivity (Wildman–Crippen MR) is 66.7 cm³/mol. The fraction of sp³-hybridized carbons (Fsp3) is 0.231. The normalized spacial score (nSPS) is 11.4. The second-order valence-corrected chi connectivity index (χ2v) is 4.08. The molecule has 7 heteroatoms. The monoisotopic (exact) mass is 283 g/mol. The highest BCUT2D eigenvalue weighted by Crippen LogP contribution is 2.29. The Labute approximate surface area is 113 Å². The van der Waals surface area contributed by atoms with Gasteiger partial charge >= 0.3 is 6.18 Å². The van der Waals surface area contributed by atoms with Crippen LogP contribution in [-0.4, -0.2) is 15.1 Å². The highest BCUT2D eigenvalue weighted by atomic mass is 19.4. The average molecular weight is 283 g/mol. The van der Waals surface area contributed by atoms with Crippen LogP contribution in [-0.2, 0) is 19.3 Å². The Kier molecular flexibility index (Phi) is 4.19. The van der Waals surface area contributed by atoms with Gasteiger partial charge in [0.15, 0.2) is 0 Å². The second-order valence-electron chi connectivity index (χ2n) is 4.08. The quantitative estimate of drug-likeness (QED) is 0.905. The Hall–Kier alpha value is -2.15. The van der Waals surface area contributed by atoms with Gasteiger partial charge in [-0.1, -0.05) is 12.1 Å². The number of hydrogen-bond acceptors (Lipinski definition) is 4. The molecular weight excluding hydrogens is 271 g/mol. The first-order valence-corrected chi connectivity index (χ1v) is 5.82. The molecule has 0 aliphatic heterocycles. The molecule has 106 valence electrons. The first kappa shape index (κ1) is 14.3. The fourth-order valence-corrected chi connectivity index (χ4v) is 1.61. The molecule has 0 bridgehead atoms. The number of anilines is 1. The number of aliphatic hydroxyl groups excluding tert-OH is 1. The van der Waals surface area contributed by atoms with Crippen molar-refractivity contribution in [2.24, 2.45) is 0 Å². The van der Waals surface area contributed by atoms with Crippen molar-refractivity contribution in [2.45, 2.75) is 19.3 Å². The van der Waals surface area contributed by atoms with Gasteiger partial charge in [-0.05, 0) is 23.8 Å². The maximum absolute atomic E-state index is 12.6. The minimum atomic E-state index is -4.36. The number of rotatable bonds is 4. The van der Waals surface area contributed by atoms with Gasteiger partial charge in [0.1, 0.15) is 0 Å². The summed E-state index contributed by atoms with van der Waals surface area (Å²) in [6.07, 6.45) is -2.89. The summed E-state index contributed by atoms with van der Waals surface area (Å²) in [6.45, 7) is -0.0560. The lowest BCUT2D eigenvalue weighted by molar-refractivity contribution is -0.137. The number of aromatic nitrogens is 2. The van der Waals surface area contributed by atoms with Gasteiger partial charge in [0.2, 0.25) is 5.95 Å². The van der Waals surface area contributed by atoms with Crippen LogP contribution in [0.5, 0.6) is 0 Å². The molecular formula is C13H12F3N3O. The lowest BCUT2D eigenvalue weighted by atomic mass is 10.1. The average Bonchev–Trinajstić information content (AvgIpc) is 2.45. The Morgan fingerprint density at radius 3 is 2.70 bits per heavy atom. The zero-order valence-corrected chi connectivity index (χ0v) is 10.4. The smallest absolute Gasteiger partial charge is 0.390 e. The maximum Gasteiger partial charge on any atom is 0.416 e. The number of benzene rings is 1. The van der Waals surface area contributed by atoms with Gasteiger partial charge in [-0.3, -0.25) is 0 Å². The van der Waals surface area contributed by atoms with Crippen molar-refractivity contribution in [1.82, 2.24) is 9.97 Å². The van der Waals surface area contributed by atoms with Crippen LogP contribution in [0.3, 0.4) is 0 Å². The Morgan fingerprint density at radius 1 is 1.20 bits per heavy atom. The molecule has 0 fully saturated rings. The Bertz CT molecular complexity index is 587. The number of nitrogens with one attached hydrogen (secondary N) is 1. The van der Waals surface area contributed by atoms with Crippen LogP contribution < -0.4 is 5.32 Å². The molecule has 2 rings (SSSR count). The van der Waals surface area contributed by atoms with Gasteiger partial charge in [0.25, 0.3) is 0 Å². The Morgan fingerprint density at radius 2 is 2.00 bits per heavy atom. The molecule has 20 heavy (non-hydrogen) atoms. The van der Waals surface area contributed by atoms with Crippen molar-refractivity contribution in [3.05, 3.63) is 53.3 Å². The fourth-order valence-electron chi connectivity index (χ4n) is 1.61. The van der Waals surface area contributed by atoms with Gasteiger partial charge < -0.3 is 10.4 Å².